The topological polar surface area (TPSA) is 343 Å². The highest BCUT2D eigenvalue weighted by Crippen LogP contribution is 2.27. The minimum Gasteiger partial charge on any atom is -0.502 e. The maximum absolute atomic E-state index is 13.1. The fraction of sp³-hybridized carbons (Fsp3) is 0.0822. The third kappa shape index (κ3) is 21.7. The summed E-state index contributed by atoms with van der Waals surface area (Å²) >= 11 is 14.9. The molecule has 0 atom stereocenters. The van der Waals surface area contributed by atoms with E-state index in [2.05, 4.69) is 88.8 Å². The molecular formula is C73H49Br5F2O23. The van der Waals surface area contributed by atoms with Crippen molar-refractivity contribution in [3.05, 3.63) is 360 Å². The number of hydrogen-bond acceptors (Lipinski definition) is 22. The molecule has 0 saturated carbocycles. The van der Waals surface area contributed by atoms with Gasteiger partial charge >= 0.3 is 11.9 Å². The highest BCUT2D eigenvalue weighted by atomic mass is 79.9. The summed E-state index contributed by atoms with van der Waals surface area (Å²) in [6.45, 7) is 0.324. The predicted octanol–water partition coefficient (Wildman–Crippen LogP) is 15.8. The number of benzene rings is 5. The van der Waals surface area contributed by atoms with Crippen LogP contribution in [-0.2, 0) is 37.4 Å². The van der Waals surface area contributed by atoms with Gasteiger partial charge in [-0.1, -0.05) is 115 Å². The average molecular weight is 1730 g/mol. The average Bonchev–Trinajstić information content (AvgIpc) is 1.81. The number of carboxylic acids is 1. The Kier molecular flexibility index (Phi) is 28.3. The van der Waals surface area contributed by atoms with Crippen LogP contribution in [0.3, 0.4) is 0 Å². The zero-order valence-corrected chi connectivity index (χ0v) is 60.7. The molecule has 30 heteroatoms. The molecule has 0 amide bonds. The van der Waals surface area contributed by atoms with Gasteiger partial charge in [-0.05, 0) is 156 Å². The predicted molar refractivity (Wildman–Crippen MR) is 380 cm³/mol. The number of hydrogen-bond donors (Lipinski definition) is 3. The van der Waals surface area contributed by atoms with E-state index in [0.717, 1.165) is 59.1 Å². The molecule has 0 radical (unpaired) electrons. The normalized spacial score (nSPS) is 10.4. The Morgan fingerprint density at radius 2 is 0.748 bits per heavy atom. The van der Waals surface area contributed by atoms with Crippen LogP contribution >= 0.6 is 79.6 Å². The summed E-state index contributed by atoms with van der Waals surface area (Å²) < 4.78 is 83.4. The fourth-order valence-electron chi connectivity index (χ4n) is 8.41. The third-order valence-electron chi connectivity index (χ3n) is 13.5. The van der Waals surface area contributed by atoms with Crippen LogP contribution in [-0.4, -0.2) is 45.9 Å². The Morgan fingerprint density at radius 3 is 1.14 bits per heavy atom. The Hall–Kier alpha value is -11.1. The van der Waals surface area contributed by atoms with Crippen molar-refractivity contribution in [3.8, 4) is 28.7 Å². The van der Waals surface area contributed by atoms with Gasteiger partial charge in [-0.2, -0.15) is 0 Å². The summed E-state index contributed by atoms with van der Waals surface area (Å²) in [7, 11) is 1.20. The van der Waals surface area contributed by atoms with Gasteiger partial charge in [-0.25, -0.2) is 18.4 Å². The number of aromatic carboxylic acids is 1. The van der Waals surface area contributed by atoms with E-state index in [1.165, 1.54) is 49.8 Å². The number of rotatable bonds is 19. The molecule has 528 valence electrons. The quantitative estimate of drug-likeness (QED) is 0.0500. The first kappa shape index (κ1) is 77.7. The molecule has 0 spiro atoms. The molecule has 5 aromatic carbocycles. The number of halogens is 7. The van der Waals surface area contributed by atoms with Gasteiger partial charge in [0.25, 0.3) is 23.1 Å². The van der Waals surface area contributed by atoms with Crippen LogP contribution in [0.5, 0.6) is 28.7 Å². The SMILES string of the molecule is COC(=O)c1occ(Br)c(=O)c1OCc1ccccc1.O=C(O)c1occ(Br)c(=O)c1OCc1ccccc1.O=C(c1ccc(Cc2ccc(F)cc2)o1)c1occ(Br)c(=O)c1O.O=C(c1ccc(Cc2ccc(F)cc2)o1)c1occ(Br)c(=O)c1OCc1ccccc1.O=c1c(O)cocc1Br. The van der Waals surface area contributed by atoms with E-state index in [4.69, 9.17) is 50.9 Å². The van der Waals surface area contributed by atoms with Gasteiger partial charge < -0.3 is 65.2 Å². The molecule has 0 bridgehead atoms. The van der Waals surface area contributed by atoms with E-state index >= 15 is 0 Å². The number of esters is 1. The number of methoxy groups -OCH3 is 1. The molecule has 0 aliphatic rings. The lowest BCUT2D eigenvalue weighted by Gasteiger charge is -2.09. The smallest absolute Gasteiger partial charge is 0.378 e. The van der Waals surface area contributed by atoms with Gasteiger partial charge in [-0.15, -0.1) is 0 Å². The van der Waals surface area contributed by atoms with Crippen molar-refractivity contribution < 1.29 is 93.1 Å². The number of aromatic hydroxyl groups is 2. The van der Waals surface area contributed by atoms with Crippen molar-refractivity contribution in [2.75, 3.05) is 7.11 Å². The van der Waals surface area contributed by atoms with Crippen LogP contribution in [0.1, 0.15) is 93.1 Å². The molecule has 12 aromatic rings. The van der Waals surface area contributed by atoms with Crippen molar-refractivity contribution in [1.29, 1.82) is 0 Å². The first-order valence-electron chi connectivity index (χ1n) is 29.4. The number of carbonyl (C=O) groups excluding carboxylic acids is 3. The second-order valence-corrected chi connectivity index (χ2v) is 24.9. The van der Waals surface area contributed by atoms with Crippen LogP contribution in [0.15, 0.2) is 279 Å². The largest absolute Gasteiger partial charge is 0.502 e. The molecule has 0 saturated heterocycles. The minimum atomic E-state index is -1.35. The van der Waals surface area contributed by atoms with Crippen LogP contribution in [0.4, 0.5) is 8.78 Å². The van der Waals surface area contributed by atoms with Gasteiger partial charge in [0.1, 0.15) is 103 Å². The van der Waals surface area contributed by atoms with Crippen molar-refractivity contribution in [1.82, 2.24) is 0 Å². The van der Waals surface area contributed by atoms with Gasteiger partial charge in [0.05, 0.1) is 7.11 Å². The molecule has 0 aliphatic carbocycles. The molecular weight excluding hydrogens is 1680 g/mol. The summed E-state index contributed by atoms with van der Waals surface area (Å²) in [5, 5.41) is 27.4. The van der Waals surface area contributed by atoms with E-state index < -0.39 is 67.9 Å². The minimum absolute atomic E-state index is 0.00662. The Morgan fingerprint density at radius 1 is 0.398 bits per heavy atom. The van der Waals surface area contributed by atoms with Crippen LogP contribution in [0.25, 0.3) is 0 Å². The zero-order chi connectivity index (χ0) is 74.3. The van der Waals surface area contributed by atoms with Gasteiger partial charge in [-0.3, -0.25) is 33.6 Å². The standard InChI is InChI=1S/C24H16BrFO5.C17H10BrFO5.C14H11BrO5.C13H9BrO5.C5H3BrO3/c25-19-14-30-24(23(21(19)27)29-13-16-4-2-1-3-5-16)22(28)20-11-10-18(31-20)12-15-6-8-17(26)9-7-15;18-12-8-23-17(16(22)14(12)20)15(21)13-6-5-11(24-13)7-9-1-3-10(19)4-2-9;1-18-14(17)13-12(11(16)10(15)8-20-13)19-7-9-5-3-2-4-6-9;14-9-7-19-12(13(16)17)11(10(9)15)18-6-8-4-2-1-3-5-8;6-3-1-9-2-4(7)5(3)8/h1-11,14H,12-13H2;1-6,8,22H,7H2;2-6,8H,7H2,1H3;1-5,7H,6H2,(H,16,17);1-2,7H. The Balaban J connectivity index is 0.000000170. The third-order valence-corrected chi connectivity index (χ3v) is 16.2. The van der Waals surface area contributed by atoms with Gasteiger partial charge in [0.2, 0.25) is 61.7 Å². The Bertz CT molecular complexity index is 5220. The molecule has 7 aromatic heterocycles. The molecule has 12 rings (SSSR count). The molecule has 7 heterocycles. The summed E-state index contributed by atoms with van der Waals surface area (Å²) in [6, 6.07) is 45.7. The van der Waals surface area contributed by atoms with E-state index in [1.54, 1.807) is 48.5 Å². The van der Waals surface area contributed by atoms with E-state index in [0.29, 0.717) is 24.4 Å². The van der Waals surface area contributed by atoms with E-state index in [9.17, 15) is 57.0 Å². The van der Waals surface area contributed by atoms with E-state index in [-0.39, 0.29) is 99.9 Å². The molecule has 103 heavy (non-hydrogen) atoms. The summed E-state index contributed by atoms with van der Waals surface area (Å²) in [4.78, 5) is 106. The number of carboxylic acid groups (broad SMARTS) is 1. The number of carbonyl (C=O) groups is 4. The lowest BCUT2D eigenvalue weighted by Crippen LogP contribution is -2.15. The monoisotopic (exact) mass is 1730 g/mol. The summed E-state index contributed by atoms with van der Waals surface area (Å²) in [5.41, 5.74) is 1.43. The number of ketones is 2. The lowest BCUT2D eigenvalue weighted by atomic mass is 10.1. The summed E-state index contributed by atoms with van der Waals surface area (Å²) in [5.74, 6) is -6.58. The molecule has 3 N–H and O–H groups in total. The highest BCUT2D eigenvalue weighted by molar-refractivity contribution is 9.11. The van der Waals surface area contributed by atoms with E-state index in [1.807, 2.05) is 78.9 Å². The molecule has 23 nitrogen and oxygen atoms in total. The number of furan rings is 2. The summed E-state index contributed by atoms with van der Waals surface area (Å²) in [6.07, 6.45) is 7.27. The van der Waals surface area contributed by atoms with Crippen molar-refractivity contribution in [2.45, 2.75) is 32.7 Å². The first-order valence-corrected chi connectivity index (χ1v) is 33.3. The second-order valence-electron chi connectivity index (χ2n) is 20.7. The highest BCUT2D eigenvalue weighted by Gasteiger charge is 2.27. The van der Waals surface area contributed by atoms with Gasteiger partial charge in [0, 0.05) is 12.8 Å². The maximum atomic E-state index is 13.1. The van der Waals surface area contributed by atoms with Crippen molar-refractivity contribution >= 4 is 103 Å². The molecule has 0 aliphatic heterocycles. The van der Waals surface area contributed by atoms with Crippen LogP contribution < -0.4 is 41.4 Å². The first-order chi connectivity index (χ1) is 49.4. The van der Waals surface area contributed by atoms with Crippen molar-refractivity contribution in [3.63, 3.8) is 0 Å². The van der Waals surface area contributed by atoms with Crippen LogP contribution in [0.2, 0.25) is 0 Å². The van der Waals surface area contributed by atoms with Gasteiger partial charge in [0.15, 0.2) is 17.3 Å². The van der Waals surface area contributed by atoms with Crippen LogP contribution in [0, 0.1) is 11.6 Å². The number of ether oxygens (including phenoxy) is 4. The fourth-order valence-corrected chi connectivity index (χ4v) is 9.83. The molecule has 0 unspecified atom stereocenters. The molecule has 0 fully saturated rings. The van der Waals surface area contributed by atoms with Crippen molar-refractivity contribution in [2.24, 2.45) is 0 Å². The maximum Gasteiger partial charge on any atom is 0.378 e. The Labute approximate surface area is 620 Å². The second kappa shape index (κ2) is 37.6. The zero-order valence-electron chi connectivity index (χ0n) is 52.7. The lowest BCUT2D eigenvalue weighted by molar-refractivity contribution is 0.0551.